The molecule has 0 aliphatic carbocycles. The van der Waals surface area contributed by atoms with Gasteiger partial charge in [0, 0.05) is 17.0 Å². The number of hydrogen-bond donors (Lipinski definition) is 0. The molecule has 36 heavy (non-hydrogen) atoms. The monoisotopic (exact) mass is 474 g/mol. The Hall–Kier alpha value is -3.39. The molecule has 0 saturated carbocycles. The Balaban J connectivity index is 1.73. The summed E-state index contributed by atoms with van der Waals surface area (Å²) < 4.78 is 9.27. The van der Waals surface area contributed by atoms with Crippen molar-refractivity contribution in [2.75, 3.05) is 0 Å². The number of nitrogens with zero attached hydrogens (tertiary/aromatic N) is 1. The number of rotatable bonds is 3. The third-order valence-electron chi connectivity index (χ3n) is 7.60. The summed E-state index contributed by atoms with van der Waals surface area (Å²) in [6.45, 7) is 13.8. The fourth-order valence-corrected chi connectivity index (χ4v) is 6.16. The Morgan fingerprint density at radius 1 is 0.889 bits per heavy atom. The van der Waals surface area contributed by atoms with Crippen LogP contribution in [0.15, 0.2) is 60.8 Å². The van der Waals surface area contributed by atoms with E-state index in [9.17, 15) is 0 Å². The third-order valence-corrected chi connectivity index (χ3v) is 7.60. The minimum Gasteiger partial charge on any atom is -0.455 e. The summed E-state index contributed by atoms with van der Waals surface area (Å²) in [5.74, 6) is 2.64. The van der Waals surface area contributed by atoms with E-state index in [1.807, 2.05) is 0 Å². The van der Waals surface area contributed by atoms with Crippen LogP contribution >= 0.6 is 0 Å². The highest BCUT2D eigenvalue weighted by molar-refractivity contribution is 6.16. The molecule has 1 aliphatic rings. The molecule has 182 valence electrons. The lowest BCUT2D eigenvalue weighted by atomic mass is 9.81. The molecule has 0 spiro atoms. The van der Waals surface area contributed by atoms with Crippen molar-refractivity contribution in [2.45, 2.75) is 54.4 Å². The first-order chi connectivity index (χ1) is 17.1. The van der Waals surface area contributed by atoms with Crippen LogP contribution in [0.25, 0.3) is 43.6 Å². The van der Waals surface area contributed by atoms with Gasteiger partial charge < -0.3 is 4.74 Å². The summed E-state index contributed by atoms with van der Waals surface area (Å²) in [7, 11) is 2.17. The van der Waals surface area contributed by atoms with Crippen molar-refractivity contribution >= 4 is 32.3 Å². The number of aromatic nitrogens is 1. The number of hydrogen-bond acceptors (Lipinski definition) is 1. The Morgan fingerprint density at radius 2 is 1.64 bits per heavy atom. The largest absolute Gasteiger partial charge is 0.455 e. The second-order valence-electron chi connectivity index (χ2n) is 12.3. The molecule has 2 heteroatoms. The molecule has 0 saturated heterocycles. The molecule has 0 radical (unpaired) electrons. The second kappa shape index (κ2) is 8.06. The summed E-state index contributed by atoms with van der Waals surface area (Å²) in [6, 6.07) is 20.3. The van der Waals surface area contributed by atoms with Crippen molar-refractivity contribution in [2.24, 2.45) is 18.4 Å². The first kappa shape index (κ1) is 23.0. The maximum atomic E-state index is 6.99. The van der Waals surface area contributed by atoms with Crippen LogP contribution in [0, 0.1) is 18.3 Å². The highest BCUT2D eigenvalue weighted by Crippen LogP contribution is 2.52. The van der Waals surface area contributed by atoms with Crippen LogP contribution in [0.5, 0.6) is 11.5 Å². The standard InChI is InChI=1S/C34H36NO/c1-20(2)16-22-12-13-25-23(17-22)18-29-31-27(25)14-15-35(7)32(31)30-21(3)24-10-8-9-11-26(24)28(33(30)36-29)19-34(4,5)6/h8-15,17-18,20H,16,19H2,1-7H3/q+1. The number of pyridine rings is 1. The highest BCUT2D eigenvalue weighted by Gasteiger charge is 2.34. The number of benzene rings is 4. The zero-order valence-corrected chi connectivity index (χ0v) is 22.6. The van der Waals surface area contributed by atoms with Gasteiger partial charge in [0.15, 0.2) is 6.20 Å². The fraction of sp³-hybridized carbons (Fsp3) is 0.324. The van der Waals surface area contributed by atoms with E-state index in [2.05, 4.69) is 114 Å². The van der Waals surface area contributed by atoms with E-state index in [0.717, 1.165) is 24.3 Å². The molecule has 2 nitrogen and oxygen atoms in total. The average Bonchev–Trinajstić information content (AvgIpc) is 2.81. The third kappa shape index (κ3) is 3.58. The minimum absolute atomic E-state index is 0.138. The molecule has 4 aromatic carbocycles. The Labute approximate surface area is 214 Å². The summed E-state index contributed by atoms with van der Waals surface area (Å²) in [6.07, 6.45) is 4.26. The number of fused-ring (bicyclic) bond motifs is 5. The van der Waals surface area contributed by atoms with Crippen molar-refractivity contribution in [3.05, 3.63) is 77.5 Å². The number of aryl methyl sites for hydroxylation is 2. The van der Waals surface area contributed by atoms with Crippen LogP contribution < -0.4 is 9.30 Å². The van der Waals surface area contributed by atoms with Gasteiger partial charge in [0.05, 0.1) is 10.9 Å². The topological polar surface area (TPSA) is 13.1 Å². The molecule has 0 fully saturated rings. The molecule has 2 heterocycles. The smallest absolute Gasteiger partial charge is 0.228 e. The van der Waals surface area contributed by atoms with Crippen molar-refractivity contribution in [1.29, 1.82) is 0 Å². The molecule has 5 aromatic rings. The first-order valence-corrected chi connectivity index (χ1v) is 13.2. The predicted molar refractivity (Wildman–Crippen MR) is 152 cm³/mol. The van der Waals surface area contributed by atoms with E-state index >= 15 is 0 Å². The van der Waals surface area contributed by atoms with Gasteiger partial charge in [0.2, 0.25) is 5.69 Å². The fourth-order valence-electron chi connectivity index (χ4n) is 6.16. The van der Waals surface area contributed by atoms with Gasteiger partial charge in [-0.25, -0.2) is 4.57 Å². The van der Waals surface area contributed by atoms with Crippen molar-refractivity contribution in [1.82, 2.24) is 0 Å². The lowest BCUT2D eigenvalue weighted by Gasteiger charge is -2.28. The SMILES string of the molecule is Cc1c2c(c(CC(C)(C)C)c3ccccc13)Oc1cc3cc(CC(C)C)ccc3c3cc[n+](C)c-2c13. The normalized spacial score (nSPS) is 13.0. The van der Waals surface area contributed by atoms with Crippen molar-refractivity contribution in [3.63, 3.8) is 0 Å². The van der Waals surface area contributed by atoms with E-state index < -0.39 is 0 Å². The van der Waals surface area contributed by atoms with Gasteiger partial charge >= 0.3 is 0 Å². The predicted octanol–water partition coefficient (Wildman–Crippen LogP) is 8.84. The zero-order chi connectivity index (χ0) is 25.4. The van der Waals surface area contributed by atoms with Crippen LogP contribution in [0.1, 0.15) is 51.3 Å². The summed E-state index contributed by atoms with van der Waals surface area (Å²) in [5.41, 5.74) is 6.63. The summed E-state index contributed by atoms with van der Waals surface area (Å²) in [5, 5.41) is 7.66. The molecule has 0 bridgehead atoms. The van der Waals surface area contributed by atoms with E-state index in [0.29, 0.717) is 5.92 Å². The zero-order valence-electron chi connectivity index (χ0n) is 22.6. The van der Waals surface area contributed by atoms with Gasteiger partial charge in [-0.3, -0.25) is 0 Å². The average molecular weight is 475 g/mol. The molecular weight excluding hydrogens is 438 g/mol. The van der Waals surface area contributed by atoms with E-state index in [4.69, 9.17) is 4.74 Å². The maximum Gasteiger partial charge on any atom is 0.228 e. The Morgan fingerprint density at radius 3 is 2.36 bits per heavy atom. The highest BCUT2D eigenvalue weighted by atomic mass is 16.5. The lowest BCUT2D eigenvalue weighted by Crippen LogP contribution is -2.32. The van der Waals surface area contributed by atoms with Crippen LogP contribution in [0.4, 0.5) is 0 Å². The molecule has 1 aromatic heterocycles. The first-order valence-electron chi connectivity index (χ1n) is 13.2. The molecule has 0 unspecified atom stereocenters. The number of ether oxygens (including phenoxy) is 1. The van der Waals surface area contributed by atoms with Crippen LogP contribution in [-0.2, 0) is 19.9 Å². The van der Waals surface area contributed by atoms with Crippen LogP contribution in [-0.4, -0.2) is 0 Å². The van der Waals surface area contributed by atoms with Gasteiger partial charge in [-0.2, -0.15) is 0 Å². The quantitative estimate of drug-likeness (QED) is 0.184. The van der Waals surface area contributed by atoms with Gasteiger partial charge in [-0.1, -0.05) is 77.1 Å². The minimum atomic E-state index is 0.138. The Bertz CT molecular complexity index is 1680. The van der Waals surface area contributed by atoms with Crippen molar-refractivity contribution in [3.8, 4) is 22.8 Å². The van der Waals surface area contributed by atoms with Gasteiger partial charge in [-0.15, -0.1) is 0 Å². The summed E-state index contributed by atoms with van der Waals surface area (Å²) >= 11 is 0. The van der Waals surface area contributed by atoms with Gasteiger partial charge in [0.1, 0.15) is 18.5 Å². The molecule has 6 rings (SSSR count). The summed E-state index contributed by atoms with van der Waals surface area (Å²) in [4.78, 5) is 0. The lowest BCUT2D eigenvalue weighted by molar-refractivity contribution is -0.659. The van der Waals surface area contributed by atoms with Gasteiger partial charge in [-0.05, 0) is 69.8 Å². The van der Waals surface area contributed by atoms with E-state index in [1.54, 1.807) is 0 Å². The van der Waals surface area contributed by atoms with Crippen molar-refractivity contribution < 1.29 is 9.30 Å². The van der Waals surface area contributed by atoms with Gasteiger partial charge in [0.25, 0.3) is 0 Å². The maximum absolute atomic E-state index is 6.99. The molecule has 0 atom stereocenters. The molecule has 0 N–H and O–H groups in total. The molecule has 0 amide bonds. The van der Waals surface area contributed by atoms with Crippen LogP contribution in [0.3, 0.4) is 0 Å². The Kier molecular flexibility index (Phi) is 5.16. The molecule has 1 aliphatic heterocycles. The van der Waals surface area contributed by atoms with Crippen LogP contribution in [0.2, 0.25) is 0 Å². The molecular formula is C34H36NO+. The van der Waals surface area contributed by atoms with E-state index in [1.165, 1.54) is 60.3 Å². The van der Waals surface area contributed by atoms with E-state index in [-0.39, 0.29) is 5.41 Å². The second-order valence-corrected chi connectivity index (χ2v) is 12.3.